The zero-order valence-electron chi connectivity index (χ0n) is 11.1. The van der Waals surface area contributed by atoms with Gasteiger partial charge in [-0.2, -0.15) is 13.2 Å². The first kappa shape index (κ1) is 15.6. The summed E-state index contributed by atoms with van der Waals surface area (Å²) >= 11 is 0. The second kappa shape index (κ2) is 5.54. The van der Waals surface area contributed by atoms with Crippen molar-refractivity contribution in [2.24, 2.45) is 0 Å². The maximum absolute atomic E-state index is 13.8. The molecule has 3 nitrogen and oxygen atoms in total. The highest BCUT2D eigenvalue weighted by Crippen LogP contribution is 2.38. The van der Waals surface area contributed by atoms with Crippen molar-refractivity contribution in [1.82, 2.24) is 0 Å². The van der Waals surface area contributed by atoms with Gasteiger partial charge < -0.3 is 10.4 Å². The molecule has 0 spiro atoms. The van der Waals surface area contributed by atoms with Gasteiger partial charge in [0, 0.05) is 5.54 Å². The fourth-order valence-electron chi connectivity index (χ4n) is 2.77. The topological polar surface area (TPSA) is 49.3 Å². The van der Waals surface area contributed by atoms with E-state index < -0.39 is 29.1 Å². The zero-order valence-corrected chi connectivity index (χ0v) is 11.1. The van der Waals surface area contributed by atoms with E-state index in [0.29, 0.717) is 18.9 Å². The van der Waals surface area contributed by atoms with Crippen LogP contribution in [0.25, 0.3) is 0 Å². The first-order valence-electron chi connectivity index (χ1n) is 6.59. The smallest absolute Gasteiger partial charge is 0.416 e. The summed E-state index contributed by atoms with van der Waals surface area (Å²) < 4.78 is 51.3. The quantitative estimate of drug-likeness (QED) is 0.825. The molecule has 0 unspecified atom stereocenters. The van der Waals surface area contributed by atoms with E-state index in [1.165, 1.54) is 0 Å². The SMILES string of the molecule is O=C(O)CC1(Nc2ccc(C(F)(F)F)cc2F)CCCC1. The van der Waals surface area contributed by atoms with Crippen LogP contribution in [0.3, 0.4) is 0 Å². The molecule has 1 saturated carbocycles. The third-order valence-corrected chi connectivity index (χ3v) is 3.75. The number of aliphatic carboxylic acids is 1. The molecule has 0 saturated heterocycles. The zero-order chi connectivity index (χ0) is 15.7. The molecule has 1 fully saturated rings. The molecule has 2 N–H and O–H groups in total. The number of hydrogen-bond acceptors (Lipinski definition) is 2. The number of anilines is 1. The molecule has 21 heavy (non-hydrogen) atoms. The molecular weight excluding hydrogens is 290 g/mol. The molecule has 1 aliphatic rings. The average Bonchev–Trinajstić information content (AvgIpc) is 2.78. The van der Waals surface area contributed by atoms with Gasteiger partial charge in [-0.15, -0.1) is 0 Å². The van der Waals surface area contributed by atoms with E-state index in [2.05, 4.69) is 5.32 Å². The van der Waals surface area contributed by atoms with Crippen LogP contribution in [-0.4, -0.2) is 16.6 Å². The lowest BCUT2D eigenvalue weighted by atomic mass is 9.92. The maximum Gasteiger partial charge on any atom is 0.416 e. The van der Waals surface area contributed by atoms with Gasteiger partial charge in [0.15, 0.2) is 0 Å². The number of hydrogen-bond donors (Lipinski definition) is 2. The highest BCUT2D eigenvalue weighted by Gasteiger charge is 2.37. The van der Waals surface area contributed by atoms with Crippen molar-refractivity contribution in [2.75, 3.05) is 5.32 Å². The Kier molecular flexibility index (Phi) is 4.11. The summed E-state index contributed by atoms with van der Waals surface area (Å²) in [6.45, 7) is 0. The Hall–Kier alpha value is -1.79. The van der Waals surface area contributed by atoms with E-state index >= 15 is 0 Å². The number of rotatable bonds is 4. The minimum atomic E-state index is -4.61. The van der Waals surface area contributed by atoms with E-state index in [0.717, 1.165) is 25.0 Å². The van der Waals surface area contributed by atoms with Crippen LogP contribution >= 0.6 is 0 Å². The molecule has 2 rings (SSSR count). The summed E-state index contributed by atoms with van der Waals surface area (Å²) in [5.74, 6) is -2.04. The Bertz CT molecular complexity index is 536. The van der Waals surface area contributed by atoms with Crippen LogP contribution in [0.1, 0.15) is 37.7 Å². The highest BCUT2D eigenvalue weighted by molar-refractivity contribution is 5.69. The molecular formula is C14H15F4NO2. The van der Waals surface area contributed by atoms with E-state index in [1.807, 2.05) is 0 Å². The summed E-state index contributed by atoms with van der Waals surface area (Å²) in [6, 6.07) is 2.22. The largest absolute Gasteiger partial charge is 0.481 e. The van der Waals surface area contributed by atoms with E-state index in [-0.39, 0.29) is 12.1 Å². The third-order valence-electron chi connectivity index (χ3n) is 3.75. The Balaban J connectivity index is 2.24. The van der Waals surface area contributed by atoms with E-state index in [4.69, 9.17) is 5.11 Å². The Morgan fingerprint density at radius 2 is 1.90 bits per heavy atom. The molecule has 0 aromatic heterocycles. The second-order valence-corrected chi connectivity index (χ2v) is 5.38. The van der Waals surface area contributed by atoms with Gasteiger partial charge >= 0.3 is 12.1 Å². The van der Waals surface area contributed by atoms with Gasteiger partial charge in [0.2, 0.25) is 0 Å². The number of nitrogens with one attached hydrogen (secondary N) is 1. The Morgan fingerprint density at radius 1 is 1.29 bits per heavy atom. The van der Waals surface area contributed by atoms with Crippen LogP contribution in [0.15, 0.2) is 18.2 Å². The van der Waals surface area contributed by atoms with Gasteiger partial charge in [-0.3, -0.25) is 4.79 Å². The summed E-state index contributed by atoms with van der Waals surface area (Å²) in [4.78, 5) is 10.9. The normalized spacial score (nSPS) is 17.7. The van der Waals surface area contributed by atoms with Crippen LogP contribution in [0.2, 0.25) is 0 Å². The molecule has 0 heterocycles. The van der Waals surface area contributed by atoms with Gasteiger partial charge in [0.25, 0.3) is 0 Å². The number of carboxylic acid groups (broad SMARTS) is 1. The fourth-order valence-corrected chi connectivity index (χ4v) is 2.77. The molecule has 1 aromatic rings. The predicted molar refractivity (Wildman–Crippen MR) is 68.5 cm³/mol. The molecule has 116 valence electrons. The van der Waals surface area contributed by atoms with Crippen LogP contribution in [-0.2, 0) is 11.0 Å². The van der Waals surface area contributed by atoms with Gasteiger partial charge in [-0.1, -0.05) is 12.8 Å². The number of halogens is 4. The predicted octanol–water partition coefficient (Wildman–Crippen LogP) is 4.04. The van der Waals surface area contributed by atoms with E-state index in [1.54, 1.807) is 0 Å². The minimum absolute atomic E-state index is 0.0915. The monoisotopic (exact) mass is 305 g/mol. The first-order chi connectivity index (χ1) is 9.72. The van der Waals surface area contributed by atoms with Gasteiger partial charge in [-0.05, 0) is 31.0 Å². The molecule has 0 radical (unpaired) electrons. The van der Waals surface area contributed by atoms with Crippen LogP contribution in [0.4, 0.5) is 23.2 Å². The van der Waals surface area contributed by atoms with Crippen molar-refractivity contribution < 1.29 is 27.5 Å². The van der Waals surface area contributed by atoms with Gasteiger partial charge in [0.1, 0.15) is 5.82 Å². The van der Waals surface area contributed by atoms with Gasteiger partial charge in [0.05, 0.1) is 17.7 Å². The minimum Gasteiger partial charge on any atom is -0.481 e. The highest BCUT2D eigenvalue weighted by atomic mass is 19.4. The molecule has 1 aliphatic carbocycles. The fraction of sp³-hybridized carbons (Fsp3) is 0.500. The maximum atomic E-state index is 13.8. The Labute approximate surface area is 119 Å². The molecule has 0 atom stereocenters. The summed E-state index contributed by atoms with van der Waals surface area (Å²) in [5, 5.41) is 11.8. The third kappa shape index (κ3) is 3.65. The molecule has 1 aromatic carbocycles. The van der Waals surface area contributed by atoms with Crippen molar-refractivity contribution in [2.45, 2.75) is 43.8 Å². The average molecular weight is 305 g/mol. The van der Waals surface area contributed by atoms with Crippen molar-refractivity contribution in [3.05, 3.63) is 29.6 Å². The molecule has 0 aliphatic heterocycles. The molecule has 7 heteroatoms. The lowest BCUT2D eigenvalue weighted by molar-refractivity contribution is -0.138. The lowest BCUT2D eigenvalue weighted by Crippen LogP contribution is -2.37. The Morgan fingerprint density at radius 3 is 2.38 bits per heavy atom. The standard InChI is InChI=1S/C14H15F4NO2/c15-10-7-9(14(16,17)18)3-4-11(10)19-13(8-12(20)21)5-1-2-6-13/h3-4,7,19H,1-2,5-6,8H2,(H,20,21). The van der Waals surface area contributed by atoms with Crippen molar-refractivity contribution in [3.8, 4) is 0 Å². The number of carbonyl (C=O) groups is 1. The number of carboxylic acids is 1. The van der Waals surface area contributed by atoms with Crippen LogP contribution in [0.5, 0.6) is 0 Å². The number of alkyl halides is 3. The van der Waals surface area contributed by atoms with Crippen LogP contribution in [0, 0.1) is 5.82 Å². The summed E-state index contributed by atoms with van der Waals surface area (Å²) in [5.41, 5.74) is -1.94. The van der Waals surface area contributed by atoms with E-state index in [9.17, 15) is 22.4 Å². The van der Waals surface area contributed by atoms with Crippen molar-refractivity contribution in [1.29, 1.82) is 0 Å². The number of benzene rings is 1. The summed E-state index contributed by atoms with van der Waals surface area (Å²) in [6.07, 6.45) is -2.07. The second-order valence-electron chi connectivity index (χ2n) is 5.38. The lowest BCUT2D eigenvalue weighted by Gasteiger charge is -2.30. The molecule has 0 bridgehead atoms. The van der Waals surface area contributed by atoms with Crippen LogP contribution < -0.4 is 5.32 Å². The molecule has 0 amide bonds. The van der Waals surface area contributed by atoms with Gasteiger partial charge in [-0.25, -0.2) is 4.39 Å². The van der Waals surface area contributed by atoms with Crippen molar-refractivity contribution in [3.63, 3.8) is 0 Å². The summed E-state index contributed by atoms with van der Waals surface area (Å²) in [7, 11) is 0. The first-order valence-corrected chi connectivity index (χ1v) is 6.59. The van der Waals surface area contributed by atoms with Crippen molar-refractivity contribution >= 4 is 11.7 Å².